The monoisotopic (exact) mass is 274 g/mol. The minimum atomic E-state index is -2.81. The second-order valence-electron chi connectivity index (χ2n) is 6.21. The van der Waals surface area contributed by atoms with E-state index in [1.165, 1.54) is 0 Å². The van der Waals surface area contributed by atoms with E-state index < -0.39 is 9.84 Å². The van der Waals surface area contributed by atoms with Crippen LogP contribution >= 0.6 is 0 Å². The van der Waals surface area contributed by atoms with Crippen molar-refractivity contribution >= 4 is 9.84 Å². The molecule has 2 saturated heterocycles. The van der Waals surface area contributed by atoms with Crippen LogP contribution in [0.5, 0.6) is 0 Å². The fraction of sp³-hybridized carbons (Fsp3) is 1.00. The molecule has 2 atom stereocenters. The van der Waals surface area contributed by atoms with Gasteiger partial charge in [0.1, 0.15) is 9.84 Å². The van der Waals surface area contributed by atoms with Gasteiger partial charge in [-0.1, -0.05) is 6.92 Å². The van der Waals surface area contributed by atoms with Gasteiger partial charge in [-0.15, -0.1) is 0 Å². The SMILES string of the molecule is CCS(=O)(=O)CCCN1CC2CNCC2C1(C)C. The minimum Gasteiger partial charge on any atom is -0.316 e. The van der Waals surface area contributed by atoms with Gasteiger partial charge < -0.3 is 5.32 Å². The molecule has 0 aromatic heterocycles. The normalized spacial score (nSPS) is 31.7. The highest BCUT2D eigenvalue weighted by Gasteiger charge is 2.48. The average Bonchev–Trinajstić information content (AvgIpc) is 2.83. The van der Waals surface area contributed by atoms with Crippen LogP contribution in [0.25, 0.3) is 0 Å². The maximum absolute atomic E-state index is 11.5. The van der Waals surface area contributed by atoms with Gasteiger partial charge in [-0.3, -0.25) is 4.90 Å². The lowest BCUT2D eigenvalue weighted by Crippen LogP contribution is -2.45. The molecule has 2 heterocycles. The fourth-order valence-corrected chi connectivity index (χ4v) is 4.36. The maximum Gasteiger partial charge on any atom is 0.150 e. The lowest BCUT2D eigenvalue weighted by Gasteiger charge is -2.35. The van der Waals surface area contributed by atoms with E-state index >= 15 is 0 Å². The molecule has 1 N–H and O–H groups in total. The number of hydrogen-bond donors (Lipinski definition) is 1. The molecule has 0 radical (unpaired) electrons. The van der Waals surface area contributed by atoms with E-state index in [4.69, 9.17) is 0 Å². The van der Waals surface area contributed by atoms with Crippen molar-refractivity contribution in [3.63, 3.8) is 0 Å². The molecule has 2 aliphatic rings. The Bertz CT molecular complexity index is 392. The average molecular weight is 274 g/mol. The number of fused-ring (bicyclic) bond motifs is 1. The molecule has 2 aliphatic heterocycles. The summed E-state index contributed by atoms with van der Waals surface area (Å²) in [5.41, 5.74) is 0.212. The predicted octanol–water partition coefficient (Wildman–Crippen LogP) is 0.741. The van der Waals surface area contributed by atoms with Crippen molar-refractivity contribution in [2.24, 2.45) is 11.8 Å². The van der Waals surface area contributed by atoms with Crippen molar-refractivity contribution in [3.8, 4) is 0 Å². The Morgan fingerprint density at radius 3 is 2.67 bits per heavy atom. The molecule has 0 aromatic carbocycles. The molecule has 4 nitrogen and oxygen atoms in total. The van der Waals surface area contributed by atoms with Gasteiger partial charge in [0.05, 0.1) is 5.75 Å². The van der Waals surface area contributed by atoms with Crippen molar-refractivity contribution in [2.75, 3.05) is 37.7 Å². The molecule has 2 fully saturated rings. The first-order chi connectivity index (χ1) is 8.37. The summed E-state index contributed by atoms with van der Waals surface area (Å²) >= 11 is 0. The van der Waals surface area contributed by atoms with Crippen LogP contribution in [0.1, 0.15) is 27.2 Å². The van der Waals surface area contributed by atoms with Gasteiger partial charge in [0.25, 0.3) is 0 Å². The van der Waals surface area contributed by atoms with Gasteiger partial charge in [0.15, 0.2) is 0 Å². The summed E-state index contributed by atoms with van der Waals surface area (Å²) in [4.78, 5) is 2.49. The van der Waals surface area contributed by atoms with Gasteiger partial charge in [-0.25, -0.2) is 8.42 Å². The number of nitrogens with one attached hydrogen (secondary N) is 1. The summed E-state index contributed by atoms with van der Waals surface area (Å²) in [5.74, 6) is 2.08. The van der Waals surface area contributed by atoms with E-state index in [9.17, 15) is 8.42 Å². The molecule has 0 aliphatic carbocycles. The highest BCUT2D eigenvalue weighted by atomic mass is 32.2. The summed E-state index contributed by atoms with van der Waals surface area (Å²) in [7, 11) is -2.81. The second-order valence-corrected chi connectivity index (χ2v) is 8.69. The zero-order chi connectivity index (χ0) is 13.4. The van der Waals surface area contributed by atoms with Crippen LogP contribution in [-0.4, -0.2) is 56.5 Å². The molecule has 2 rings (SSSR count). The Morgan fingerprint density at radius 1 is 1.33 bits per heavy atom. The van der Waals surface area contributed by atoms with Crippen LogP contribution in [-0.2, 0) is 9.84 Å². The van der Waals surface area contributed by atoms with Crippen LogP contribution in [0.2, 0.25) is 0 Å². The topological polar surface area (TPSA) is 49.4 Å². The van der Waals surface area contributed by atoms with Gasteiger partial charge in [0, 0.05) is 24.4 Å². The van der Waals surface area contributed by atoms with Gasteiger partial charge in [-0.05, 0) is 45.2 Å². The fourth-order valence-electron chi connectivity index (χ4n) is 3.50. The second kappa shape index (κ2) is 5.10. The molecule has 106 valence electrons. The van der Waals surface area contributed by atoms with E-state index in [0.717, 1.165) is 44.4 Å². The summed E-state index contributed by atoms with van der Waals surface area (Å²) in [6.45, 7) is 10.6. The Labute approximate surface area is 111 Å². The predicted molar refractivity (Wildman–Crippen MR) is 74.4 cm³/mol. The number of likely N-dealkylation sites (tertiary alicyclic amines) is 1. The van der Waals surface area contributed by atoms with Crippen molar-refractivity contribution in [1.29, 1.82) is 0 Å². The molecule has 0 saturated carbocycles. The van der Waals surface area contributed by atoms with E-state index in [-0.39, 0.29) is 11.3 Å². The van der Waals surface area contributed by atoms with E-state index in [0.29, 0.717) is 5.75 Å². The van der Waals surface area contributed by atoms with Crippen LogP contribution in [0.15, 0.2) is 0 Å². The molecule has 0 spiro atoms. The molecule has 0 bridgehead atoms. The highest BCUT2D eigenvalue weighted by Crippen LogP contribution is 2.40. The van der Waals surface area contributed by atoms with Crippen LogP contribution in [0.4, 0.5) is 0 Å². The van der Waals surface area contributed by atoms with Gasteiger partial charge >= 0.3 is 0 Å². The molecule has 2 unspecified atom stereocenters. The minimum absolute atomic E-state index is 0.212. The van der Waals surface area contributed by atoms with E-state index in [1.807, 2.05) is 0 Å². The summed E-state index contributed by atoms with van der Waals surface area (Å²) < 4.78 is 23.0. The van der Waals surface area contributed by atoms with Gasteiger partial charge in [0.2, 0.25) is 0 Å². The van der Waals surface area contributed by atoms with Crippen molar-refractivity contribution in [2.45, 2.75) is 32.7 Å². The van der Waals surface area contributed by atoms with E-state index in [2.05, 4.69) is 24.1 Å². The Morgan fingerprint density at radius 2 is 2.06 bits per heavy atom. The maximum atomic E-state index is 11.5. The highest BCUT2D eigenvalue weighted by molar-refractivity contribution is 7.91. The number of hydrogen-bond acceptors (Lipinski definition) is 4. The third kappa shape index (κ3) is 2.73. The number of nitrogens with zero attached hydrogens (tertiary/aromatic N) is 1. The van der Waals surface area contributed by atoms with Crippen LogP contribution in [0.3, 0.4) is 0 Å². The molecular weight excluding hydrogens is 248 g/mol. The van der Waals surface area contributed by atoms with E-state index in [1.54, 1.807) is 6.92 Å². The molecular formula is C13H26N2O2S. The largest absolute Gasteiger partial charge is 0.316 e. The van der Waals surface area contributed by atoms with Crippen molar-refractivity contribution in [3.05, 3.63) is 0 Å². The number of sulfone groups is 1. The molecule has 18 heavy (non-hydrogen) atoms. The molecule has 5 heteroatoms. The first kappa shape index (κ1) is 14.3. The Balaban J connectivity index is 1.87. The Kier molecular flexibility index (Phi) is 4.04. The zero-order valence-electron chi connectivity index (χ0n) is 11.8. The smallest absolute Gasteiger partial charge is 0.150 e. The van der Waals surface area contributed by atoms with Crippen LogP contribution < -0.4 is 5.32 Å². The summed E-state index contributed by atoms with van der Waals surface area (Å²) in [6, 6.07) is 0. The third-order valence-electron chi connectivity index (χ3n) is 4.84. The first-order valence-electron chi connectivity index (χ1n) is 7.03. The molecule has 0 amide bonds. The van der Waals surface area contributed by atoms with Crippen LogP contribution in [0, 0.1) is 11.8 Å². The zero-order valence-corrected chi connectivity index (χ0v) is 12.6. The van der Waals surface area contributed by atoms with Crippen molar-refractivity contribution in [1.82, 2.24) is 10.2 Å². The standard InChI is InChI=1S/C13H26N2O2S/c1-4-18(16,17)7-5-6-15-10-11-8-14-9-12(11)13(15,2)3/h11-12,14H,4-10H2,1-3H3. The Hall–Kier alpha value is -0.130. The van der Waals surface area contributed by atoms with Gasteiger partial charge in [-0.2, -0.15) is 0 Å². The summed E-state index contributed by atoms with van der Waals surface area (Å²) in [5, 5.41) is 3.47. The lowest BCUT2D eigenvalue weighted by molar-refractivity contribution is 0.140. The molecule has 0 aromatic rings. The third-order valence-corrected chi connectivity index (χ3v) is 6.63. The summed E-state index contributed by atoms with van der Waals surface area (Å²) in [6.07, 6.45) is 0.770. The lowest BCUT2D eigenvalue weighted by atomic mass is 9.85. The number of rotatable bonds is 5. The quantitative estimate of drug-likeness (QED) is 0.803. The first-order valence-corrected chi connectivity index (χ1v) is 8.85. The van der Waals surface area contributed by atoms with Crippen molar-refractivity contribution < 1.29 is 8.42 Å².